The first-order valence-corrected chi connectivity index (χ1v) is 9.98. The Morgan fingerprint density at radius 2 is 1.48 bits per heavy atom. The Balaban J connectivity index is 2.15. The van der Waals surface area contributed by atoms with Gasteiger partial charge in [0.1, 0.15) is 0 Å². The molecule has 0 bridgehead atoms. The lowest BCUT2D eigenvalue weighted by Gasteiger charge is -2.19. The van der Waals surface area contributed by atoms with Crippen molar-refractivity contribution in [3.05, 3.63) is 76.8 Å². The standard InChI is InChI=1S/C25H26ClN/c1-16(2)17-9-11-21-22-12-10-18(25(3,4)5)14-24(22)27(23(21)13-17)20-8-6-7-19(26)15-20/h6-16H,1-5H3. The van der Waals surface area contributed by atoms with E-state index < -0.39 is 0 Å². The lowest BCUT2D eigenvalue weighted by atomic mass is 9.86. The summed E-state index contributed by atoms with van der Waals surface area (Å²) in [5, 5.41) is 3.33. The number of hydrogen-bond acceptors (Lipinski definition) is 0. The van der Waals surface area contributed by atoms with Gasteiger partial charge in [0.2, 0.25) is 0 Å². The highest BCUT2D eigenvalue weighted by molar-refractivity contribution is 6.30. The van der Waals surface area contributed by atoms with E-state index in [0.29, 0.717) is 5.92 Å². The van der Waals surface area contributed by atoms with Gasteiger partial charge < -0.3 is 4.57 Å². The average molecular weight is 376 g/mol. The summed E-state index contributed by atoms with van der Waals surface area (Å²) in [6, 6.07) is 21.9. The predicted molar refractivity (Wildman–Crippen MR) is 119 cm³/mol. The summed E-state index contributed by atoms with van der Waals surface area (Å²) in [5.41, 5.74) is 6.38. The zero-order chi connectivity index (χ0) is 19.3. The van der Waals surface area contributed by atoms with Gasteiger partial charge in [0.25, 0.3) is 0 Å². The van der Waals surface area contributed by atoms with Gasteiger partial charge in [-0.1, -0.05) is 76.6 Å². The molecule has 4 aromatic rings. The monoisotopic (exact) mass is 375 g/mol. The van der Waals surface area contributed by atoms with Crippen LogP contribution in [0.4, 0.5) is 0 Å². The van der Waals surface area contributed by atoms with Crippen molar-refractivity contribution in [3.63, 3.8) is 0 Å². The zero-order valence-corrected chi connectivity index (χ0v) is 17.4. The van der Waals surface area contributed by atoms with Crippen LogP contribution in [0.3, 0.4) is 0 Å². The molecule has 0 aliphatic rings. The van der Waals surface area contributed by atoms with E-state index in [-0.39, 0.29) is 5.41 Å². The largest absolute Gasteiger partial charge is 0.309 e. The Labute approximate surface area is 166 Å². The third-order valence-electron chi connectivity index (χ3n) is 5.39. The highest BCUT2D eigenvalue weighted by atomic mass is 35.5. The fraction of sp³-hybridized carbons (Fsp3) is 0.280. The summed E-state index contributed by atoms with van der Waals surface area (Å²) >= 11 is 6.34. The van der Waals surface area contributed by atoms with Gasteiger partial charge in [-0.05, 0) is 52.8 Å². The van der Waals surface area contributed by atoms with Crippen LogP contribution in [0.5, 0.6) is 0 Å². The molecule has 3 aromatic carbocycles. The molecule has 1 heterocycles. The van der Waals surface area contributed by atoms with Crippen molar-refractivity contribution in [1.82, 2.24) is 4.57 Å². The molecule has 0 spiro atoms. The minimum Gasteiger partial charge on any atom is -0.309 e. The van der Waals surface area contributed by atoms with Gasteiger partial charge in [0.15, 0.2) is 0 Å². The third kappa shape index (κ3) is 3.15. The molecule has 0 saturated heterocycles. The van der Waals surface area contributed by atoms with Gasteiger partial charge in [-0.2, -0.15) is 0 Å². The van der Waals surface area contributed by atoms with Gasteiger partial charge in [-0.15, -0.1) is 0 Å². The first-order valence-electron chi connectivity index (χ1n) is 9.60. The molecule has 4 rings (SSSR count). The van der Waals surface area contributed by atoms with Crippen LogP contribution < -0.4 is 0 Å². The fourth-order valence-electron chi connectivity index (χ4n) is 3.75. The second-order valence-electron chi connectivity index (χ2n) is 8.73. The van der Waals surface area contributed by atoms with Crippen molar-refractivity contribution >= 4 is 33.4 Å². The summed E-state index contributed by atoms with van der Waals surface area (Å²) in [7, 11) is 0. The van der Waals surface area contributed by atoms with Crippen molar-refractivity contribution in [3.8, 4) is 5.69 Å². The Bertz CT molecular complexity index is 1140. The van der Waals surface area contributed by atoms with E-state index in [4.69, 9.17) is 11.6 Å². The smallest absolute Gasteiger partial charge is 0.0544 e. The Hall–Kier alpha value is -2.25. The molecule has 138 valence electrons. The van der Waals surface area contributed by atoms with Gasteiger partial charge in [-0.25, -0.2) is 0 Å². The number of aromatic nitrogens is 1. The molecule has 2 heteroatoms. The topological polar surface area (TPSA) is 4.93 Å². The second-order valence-corrected chi connectivity index (χ2v) is 9.16. The SMILES string of the molecule is CC(C)c1ccc2c3ccc(C(C)(C)C)cc3n(-c3cccc(Cl)c3)c2c1. The molecule has 0 atom stereocenters. The van der Waals surface area contributed by atoms with Crippen molar-refractivity contribution in [2.45, 2.75) is 46.0 Å². The number of nitrogens with zero attached hydrogens (tertiary/aromatic N) is 1. The molecule has 0 radical (unpaired) electrons. The molecule has 0 N–H and O–H groups in total. The minimum absolute atomic E-state index is 0.104. The van der Waals surface area contributed by atoms with Crippen LogP contribution in [0.1, 0.15) is 51.7 Å². The zero-order valence-electron chi connectivity index (χ0n) is 16.7. The van der Waals surface area contributed by atoms with Crippen molar-refractivity contribution < 1.29 is 0 Å². The number of benzene rings is 3. The predicted octanol–water partition coefficient (Wildman–Crippen LogP) is 7.86. The van der Waals surface area contributed by atoms with Crippen LogP contribution in [0.2, 0.25) is 5.02 Å². The maximum atomic E-state index is 6.34. The Morgan fingerprint density at radius 1 is 0.815 bits per heavy atom. The van der Waals surface area contributed by atoms with E-state index in [0.717, 1.165) is 10.7 Å². The highest BCUT2D eigenvalue weighted by Gasteiger charge is 2.18. The van der Waals surface area contributed by atoms with Gasteiger partial charge in [0.05, 0.1) is 11.0 Å². The van der Waals surface area contributed by atoms with Crippen LogP contribution in [0, 0.1) is 0 Å². The molecule has 27 heavy (non-hydrogen) atoms. The number of hydrogen-bond donors (Lipinski definition) is 0. The molecule has 1 aromatic heterocycles. The third-order valence-corrected chi connectivity index (χ3v) is 5.63. The van der Waals surface area contributed by atoms with Gasteiger partial charge in [0, 0.05) is 21.5 Å². The molecule has 1 nitrogen and oxygen atoms in total. The Kier molecular flexibility index (Phi) is 4.31. The number of halogens is 1. The van der Waals surface area contributed by atoms with Crippen molar-refractivity contribution in [2.75, 3.05) is 0 Å². The average Bonchev–Trinajstić information content (AvgIpc) is 2.93. The molecule has 0 amide bonds. The maximum Gasteiger partial charge on any atom is 0.0544 e. The second kappa shape index (κ2) is 6.42. The number of rotatable bonds is 2. The van der Waals surface area contributed by atoms with Crippen LogP contribution in [0.25, 0.3) is 27.5 Å². The molecule has 0 aliphatic carbocycles. The molecule has 0 aliphatic heterocycles. The van der Waals surface area contributed by atoms with E-state index in [1.165, 1.54) is 32.9 Å². The van der Waals surface area contributed by atoms with Gasteiger partial charge >= 0.3 is 0 Å². The summed E-state index contributed by atoms with van der Waals surface area (Å²) in [4.78, 5) is 0. The van der Waals surface area contributed by atoms with E-state index in [2.05, 4.69) is 81.7 Å². The van der Waals surface area contributed by atoms with Crippen LogP contribution in [-0.2, 0) is 5.41 Å². The van der Waals surface area contributed by atoms with E-state index in [9.17, 15) is 0 Å². The van der Waals surface area contributed by atoms with Crippen LogP contribution in [0.15, 0.2) is 60.7 Å². The van der Waals surface area contributed by atoms with E-state index in [1.807, 2.05) is 18.2 Å². The highest BCUT2D eigenvalue weighted by Crippen LogP contribution is 2.36. The molecule has 0 fully saturated rings. The molecule has 0 saturated carbocycles. The summed E-state index contributed by atoms with van der Waals surface area (Å²) < 4.78 is 2.36. The van der Waals surface area contributed by atoms with Crippen molar-refractivity contribution in [1.29, 1.82) is 0 Å². The number of fused-ring (bicyclic) bond motifs is 3. The van der Waals surface area contributed by atoms with Crippen molar-refractivity contribution in [2.24, 2.45) is 0 Å². The van der Waals surface area contributed by atoms with Crippen LogP contribution >= 0.6 is 11.6 Å². The van der Waals surface area contributed by atoms with E-state index >= 15 is 0 Å². The quantitative estimate of drug-likeness (QED) is 0.336. The molecular formula is C25H26ClN. The van der Waals surface area contributed by atoms with Crippen LogP contribution in [-0.4, -0.2) is 4.57 Å². The molecular weight excluding hydrogens is 350 g/mol. The summed E-state index contributed by atoms with van der Waals surface area (Å²) in [6.45, 7) is 11.3. The fourth-order valence-corrected chi connectivity index (χ4v) is 3.94. The first-order chi connectivity index (χ1) is 12.8. The Morgan fingerprint density at radius 3 is 2.11 bits per heavy atom. The van der Waals surface area contributed by atoms with E-state index in [1.54, 1.807) is 0 Å². The lowest BCUT2D eigenvalue weighted by Crippen LogP contribution is -2.10. The lowest BCUT2D eigenvalue weighted by molar-refractivity contribution is 0.591. The molecule has 0 unspecified atom stereocenters. The first kappa shape index (κ1) is 18.1. The minimum atomic E-state index is 0.104. The summed E-state index contributed by atoms with van der Waals surface area (Å²) in [6.07, 6.45) is 0. The normalized spacial score (nSPS) is 12.4. The maximum absolute atomic E-state index is 6.34. The summed E-state index contributed by atoms with van der Waals surface area (Å²) in [5.74, 6) is 0.491. The van der Waals surface area contributed by atoms with Gasteiger partial charge in [-0.3, -0.25) is 0 Å².